The molecule has 1 fully saturated rings. The number of carbonyl (C=O) groups excluding carboxylic acids is 2. The molecule has 0 aliphatic carbocycles. The zero-order chi connectivity index (χ0) is 14.6. The quantitative estimate of drug-likeness (QED) is 0.791. The molecule has 3 amide bonds. The van der Waals surface area contributed by atoms with Gasteiger partial charge in [0, 0.05) is 25.5 Å². The van der Waals surface area contributed by atoms with Crippen LogP contribution in [0.2, 0.25) is 0 Å². The molecule has 0 radical (unpaired) electrons. The number of amides is 3. The summed E-state index contributed by atoms with van der Waals surface area (Å²) in [5.41, 5.74) is 1.07. The van der Waals surface area contributed by atoms with Gasteiger partial charge < -0.3 is 14.7 Å². The number of rotatable bonds is 2. The number of hydrogen-bond donors (Lipinski definition) is 1. The number of hydrogen-bond acceptors (Lipinski definition) is 5. The number of carbonyl (C=O) groups is 2. The molecule has 3 heterocycles. The molecule has 3 aliphatic rings. The Morgan fingerprint density at radius 2 is 2.10 bits per heavy atom. The van der Waals surface area contributed by atoms with Crippen molar-refractivity contribution in [2.45, 2.75) is 33.0 Å². The first-order valence-corrected chi connectivity index (χ1v) is 6.80. The van der Waals surface area contributed by atoms with Gasteiger partial charge in [-0.2, -0.15) is 0 Å². The van der Waals surface area contributed by atoms with Crippen LogP contribution in [0.25, 0.3) is 0 Å². The van der Waals surface area contributed by atoms with E-state index in [0.717, 1.165) is 18.2 Å². The zero-order valence-corrected chi connectivity index (χ0v) is 12.1. The molecule has 0 aromatic heterocycles. The van der Waals surface area contributed by atoms with Crippen molar-refractivity contribution in [2.75, 3.05) is 13.6 Å². The van der Waals surface area contributed by atoms with E-state index in [9.17, 15) is 9.59 Å². The van der Waals surface area contributed by atoms with E-state index >= 15 is 0 Å². The SMILES string of the molecule is CC1=CN2C(=NC3C2C(=O)NC(=O)N3C)N1CC(C)C. The van der Waals surface area contributed by atoms with Crippen molar-refractivity contribution in [2.24, 2.45) is 10.9 Å². The highest BCUT2D eigenvalue weighted by molar-refractivity contribution is 6.04. The van der Waals surface area contributed by atoms with Crippen LogP contribution in [0.4, 0.5) is 4.79 Å². The average molecular weight is 277 g/mol. The van der Waals surface area contributed by atoms with Crippen LogP contribution in [0.15, 0.2) is 16.9 Å². The van der Waals surface area contributed by atoms with E-state index in [1.54, 1.807) is 7.05 Å². The van der Waals surface area contributed by atoms with E-state index < -0.39 is 18.2 Å². The lowest BCUT2D eigenvalue weighted by Crippen LogP contribution is -2.62. The smallest absolute Gasteiger partial charge is 0.315 e. The minimum atomic E-state index is -0.459. The molecule has 1 N–H and O–H groups in total. The lowest BCUT2D eigenvalue weighted by Gasteiger charge is -2.34. The fourth-order valence-electron chi connectivity index (χ4n) is 2.84. The number of nitrogens with zero attached hydrogens (tertiary/aromatic N) is 4. The summed E-state index contributed by atoms with van der Waals surface area (Å²) >= 11 is 0. The zero-order valence-electron chi connectivity index (χ0n) is 12.1. The fraction of sp³-hybridized carbons (Fsp3) is 0.615. The average Bonchev–Trinajstić information content (AvgIpc) is 2.84. The van der Waals surface area contributed by atoms with Gasteiger partial charge in [0.2, 0.25) is 5.96 Å². The topological polar surface area (TPSA) is 68.2 Å². The van der Waals surface area contributed by atoms with E-state index in [2.05, 4.69) is 29.1 Å². The van der Waals surface area contributed by atoms with Crippen LogP contribution in [0, 0.1) is 5.92 Å². The minimum Gasteiger partial charge on any atom is -0.315 e. The molecule has 0 bridgehead atoms. The van der Waals surface area contributed by atoms with Crippen molar-refractivity contribution in [1.29, 1.82) is 0 Å². The Hall–Kier alpha value is -2.05. The monoisotopic (exact) mass is 277 g/mol. The lowest BCUT2D eigenvalue weighted by molar-refractivity contribution is -0.126. The Kier molecular flexibility index (Phi) is 2.74. The molecule has 2 unspecified atom stereocenters. The summed E-state index contributed by atoms with van der Waals surface area (Å²) in [6.07, 6.45) is 1.50. The first kappa shape index (κ1) is 13.0. The standard InChI is InChI=1S/C13H19N5O2/c1-7(2)5-17-8(3)6-18-9-10(14-12(17)18)16(4)13(20)15-11(9)19/h6-7,9-10H,5H2,1-4H3,(H,15,19,20). The van der Waals surface area contributed by atoms with Crippen LogP contribution >= 0.6 is 0 Å². The molecule has 3 aliphatic heterocycles. The number of likely N-dealkylation sites (N-methyl/N-ethyl adjacent to an activating group) is 1. The maximum atomic E-state index is 12.1. The second kappa shape index (κ2) is 4.22. The summed E-state index contributed by atoms with van der Waals surface area (Å²) < 4.78 is 0. The van der Waals surface area contributed by atoms with Gasteiger partial charge in [-0.1, -0.05) is 13.8 Å². The summed E-state index contributed by atoms with van der Waals surface area (Å²) in [7, 11) is 1.66. The number of fused-ring (bicyclic) bond motifs is 3. The van der Waals surface area contributed by atoms with E-state index in [0.29, 0.717) is 5.92 Å². The van der Waals surface area contributed by atoms with Crippen molar-refractivity contribution in [3.05, 3.63) is 11.9 Å². The molecule has 0 aromatic carbocycles. The summed E-state index contributed by atoms with van der Waals surface area (Å²) in [6, 6.07) is -0.849. The Morgan fingerprint density at radius 1 is 1.40 bits per heavy atom. The normalized spacial score (nSPS) is 28.6. The van der Waals surface area contributed by atoms with E-state index in [-0.39, 0.29) is 5.91 Å². The predicted molar refractivity (Wildman–Crippen MR) is 73.5 cm³/mol. The largest absolute Gasteiger partial charge is 0.325 e. The Bertz CT molecular complexity index is 539. The van der Waals surface area contributed by atoms with Gasteiger partial charge in [-0.15, -0.1) is 0 Å². The molecule has 2 atom stereocenters. The number of allylic oxidation sites excluding steroid dienone is 1. The van der Waals surface area contributed by atoms with Crippen molar-refractivity contribution < 1.29 is 9.59 Å². The molecular weight excluding hydrogens is 258 g/mol. The number of urea groups is 1. The molecule has 3 rings (SSSR count). The molecule has 7 nitrogen and oxygen atoms in total. The molecule has 7 heteroatoms. The summed E-state index contributed by atoms with van der Waals surface area (Å²) in [5, 5.41) is 2.37. The van der Waals surface area contributed by atoms with Crippen molar-refractivity contribution in [3.8, 4) is 0 Å². The number of aliphatic imine (C=N–C) groups is 1. The first-order chi connectivity index (χ1) is 9.40. The molecule has 0 spiro atoms. The first-order valence-electron chi connectivity index (χ1n) is 6.80. The lowest BCUT2D eigenvalue weighted by atomic mass is 10.1. The third kappa shape index (κ3) is 1.69. The van der Waals surface area contributed by atoms with E-state index in [1.165, 1.54) is 4.90 Å². The predicted octanol–water partition coefficient (Wildman–Crippen LogP) is 0.367. The van der Waals surface area contributed by atoms with Crippen LogP contribution in [0.5, 0.6) is 0 Å². The molecule has 0 saturated carbocycles. The number of guanidine groups is 1. The van der Waals surface area contributed by atoms with Gasteiger partial charge >= 0.3 is 6.03 Å². The van der Waals surface area contributed by atoms with Gasteiger partial charge in [-0.3, -0.25) is 10.1 Å². The Morgan fingerprint density at radius 3 is 2.75 bits per heavy atom. The second-order valence-electron chi connectivity index (χ2n) is 5.88. The highest BCUT2D eigenvalue weighted by atomic mass is 16.2. The molecule has 1 saturated heterocycles. The molecule has 108 valence electrons. The summed E-state index contributed by atoms with van der Waals surface area (Å²) in [4.78, 5) is 33.8. The number of imide groups is 1. The van der Waals surface area contributed by atoms with Gasteiger partial charge in [0.05, 0.1) is 0 Å². The van der Waals surface area contributed by atoms with E-state index in [1.807, 2.05) is 18.0 Å². The van der Waals surface area contributed by atoms with Crippen molar-refractivity contribution in [1.82, 2.24) is 20.0 Å². The number of nitrogens with one attached hydrogen (secondary N) is 1. The van der Waals surface area contributed by atoms with Crippen molar-refractivity contribution >= 4 is 17.9 Å². The fourth-order valence-corrected chi connectivity index (χ4v) is 2.84. The molecule has 0 aromatic rings. The van der Waals surface area contributed by atoms with Gasteiger partial charge in [-0.25, -0.2) is 9.79 Å². The van der Waals surface area contributed by atoms with Gasteiger partial charge in [-0.05, 0) is 12.8 Å². The van der Waals surface area contributed by atoms with Crippen molar-refractivity contribution in [3.63, 3.8) is 0 Å². The maximum absolute atomic E-state index is 12.1. The third-order valence-electron chi connectivity index (χ3n) is 3.82. The van der Waals surface area contributed by atoms with Gasteiger partial charge in [0.25, 0.3) is 5.91 Å². The second-order valence-corrected chi connectivity index (χ2v) is 5.88. The molecular formula is C13H19N5O2. The minimum absolute atomic E-state index is 0.285. The highest BCUT2D eigenvalue weighted by Crippen LogP contribution is 2.32. The van der Waals surface area contributed by atoms with Crippen LogP contribution in [-0.4, -0.2) is 58.4 Å². The van der Waals surface area contributed by atoms with E-state index in [4.69, 9.17) is 0 Å². The van der Waals surface area contributed by atoms with Crippen LogP contribution < -0.4 is 5.32 Å². The van der Waals surface area contributed by atoms with Crippen LogP contribution in [0.3, 0.4) is 0 Å². The van der Waals surface area contributed by atoms with Gasteiger partial charge in [0.1, 0.15) is 0 Å². The Labute approximate surface area is 117 Å². The summed E-state index contributed by atoms with van der Waals surface area (Å²) in [5.74, 6) is 0.965. The van der Waals surface area contributed by atoms with Gasteiger partial charge in [0.15, 0.2) is 12.2 Å². The summed E-state index contributed by atoms with van der Waals surface area (Å²) in [6.45, 7) is 7.13. The third-order valence-corrected chi connectivity index (χ3v) is 3.82. The maximum Gasteiger partial charge on any atom is 0.325 e. The highest BCUT2D eigenvalue weighted by Gasteiger charge is 2.51. The van der Waals surface area contributed by atoms with Crippen LogP contribution in [-0.2, 0) is 4.79 Å². The Balaban J connectivity index is 1.94. The van der Waals surface area contributed by atoms with Crippen LogP contribution in [0.1, 0.15) is 20.8 Å². The molecule has 20 heavy (non-hydrogen) atoms.